The molecular weight excluding hydrogens is 232 g/mol. The van der Waals surface area contributed by atoms with E-state index in [4.69, 9.17) is 10.5 Å². The molecule has 0 aromatic heterocycles. The standard InChI is InChI=1S/C9H9BrN2O/c10-6-1-2-8(11)7(5-6)9-12-3-4-13-9/h1-2,5H,3-4,11H2. The van der Waals surface area contributed by atoms with Crippen LogP contribution in [0, 0.1) is 0 Å². The van der Waals surface area contributed by atoms with E-state index < -0.39 is 0 Å². The Hall–Kier alpha value is -1.03. The molecule has 0 spiro atoms. The molecule has 0 unspecified atom stereocenters. The summed E-state index contributed by atoms with van der Waals surface area (Å²) in [6.07, 6.45) is 0. The second kappa shape index (κ2) is 3.38. The van der Waals surface area contributed by atoms with E-state index in [0.29, 0.717) is 18.2 Å². The summed E-state index contributed by atoms with van der Waals surface area (Å²) >= 11 is 3.38. The van der Waals surface area contributed by atoms with Crippen LogP contribution in [0.3, 0.4) is 0 Å². The first-order chi connectivity index (χ1) is 6.27. The van der Waals surface area contributed by atoms with Gasteiger partial charge in [0.25, 0.3) is 0 Å². The van der Waals surface area contributed by atoms with Crippen molar-refractivity contribution in [1.29, 1.82) is 0 Å². The van der Waals surface area contributed by atoms with Gasteiger partial charge in [0.1, 0.15) is 6.61 Å². The van der Waals surface area contributed by atoms with E-state index in [1.807, 2.05) is 18.2 Å². The SMILES string of the molecule is Nc1ccc(Br)cc1C1=NCCO1. The van der Waals surface area contributed by atoms with Gasteiger partial charge in [0, 0.05) is 10.2 Å². The summed E-state index contributed by atoms with van der Waals surface area (Å²) < 4.78 is 6.31. The molecular formula is C9H9BrN2O. The lowest BCUT2D eigenvalue weighted by molar-refractivity contribution is 0.348. The lowest BCUT2D eigenvalue weighted by atomic mass is 10.2. The van der Waals surface area contributed by atoms with Gasteiger partial charge in [-0.2, -0.15) is 0 Å². The smallest absolute Gasteiger partial charge is 0.218 e. The minimum absolute atomic E-state index is 0.652. The molecule has 0 saturated heterocycles. The number of benzene rings is 1. The van der Waals surface area contributed by atoms with Crippen LogP contribution in [0.25, 0.3) is 0 Å². The molecule has 0 fully saturated rings. The maximum Gasteiger partial charge on any atom is 0.218 e. The number of hydrogen-bond acceptors (Lipinski definition) is 3. The number of nitrogen functional groups attached to an aromatic ring is 1. The van der Waals surface area contributed by atoms with E-state index in [0.717, 1.165) is 16.6 Å². The first kappa shape index (κ1) is 8.56. The summed E-state index contributed by atoms with van der Waals surface area (Å²) in [5.41, 5.74) is 7.35. The van der Waals surface area contributed by atoms with E-state index in [2.05, 4.69) is 20.9 Å². The van der Waals surface area contributed by atoms with Gasteiger partial charge in [-0.25, -0.2) is 4.99 Å². The number of hydrogen-bond donors (Lipinski definition) is 1. The van der Waals surface area contributed by atoms with Crippen LogP contribution < -0.4 is 5.73 Å². The van der Waals surface area contributed by atoms with Crippen LogP contribution in [-0.4, -0.2) is 19.0 Å². The normalized spacial score (nSPS) is 15.3. The van der Waals surface area contributed by atoms with Gasteiger partial charge in [-0.05, 0) is 18.2 Å². The summed E-state index contributed by atoms with van der Waals surface area (Å²) in [4.78, 5) is 4.20. The molecule has 0 aliphatic carbocycles. The van der Waals surface area contributed by atoms with Gasteiger partial charge < -0.3 is 10.5 Å². The summed E-state index contributed by atoms with van der Waals surface area (Å²) in [7, 11) is 0. The molecule has 68 valence electrons. The van der Waals surface area contributed by atoms with Crippen molar-refractivity contribution >= 4 is 27.5 Å². The van der Waals surface area contributed by atoms with E-state index in [-0.39, 0.29) is 0 Å². The van der Waals surface area contributed by atoms with Gasteiger partial charge in [0.15, 0.2) is 0 Å². The molecule has 1 aliphatic heterocycles. The first-order valence-corrected chi connectivity index (χ1v) is 4.79. The Morgan fingerprint density at radius 1 is 1.46 bits per heavy atom. The van der Waals surface area contributed by atoms with Crippen LogP contribution in [0.2, 0.25) is 0 Å². The fraction of sp³-hybridized carbons (Fsp3) is 0.222. The molecule has 1 aromatic rings. The molecule has 1 aliphatic rings. The summed E-state index contributed by atoms with van der Waals surface area (Å²) in [5, 5.41) is 0. The molecule has 0 amide bonds. The van der Waals surface area contributed by atoms with E-state index >= 15 is 0 Å². The van der Waals surface area contributed by atoms with Crippen molar-refractivity contribution in [2.24, 2.45) is 4.99 Å². The second-order valence-electron chi connectivity index (χ2n) is 2.77. The van der Waals surface area contributed by atoms with Crippen molar-refractivity contribution in [3.05, 3.63) is 28.2 Å². The van der Waals surface area contributed by atoms with Gasteiger partial charge in [-0.15, -0.1) is 0 Å². The first-order valence-electron chi connectivity index (χ1n) is 4.00. The molecule has 2 rings (SSSR count). The number of aliphatic imine (C=N–C) groups is 1. The Morgan fingerprint density at radius 3 is 3.00 bits per heavy atom. The van der Waals surface area contributed by atoms with Crippen molar-refractivity contribution in [3.63, 3.8) is 0 Å². The highest BCUT2D eigenvalue weighted by atomic mass is 79.9. The van der Waals surface area contributed by atoms with Gasteiger partial charge in [-0.1, -0.05) is 15.9 Å². The van der Waals surface area contributed by atoms with Crippen molar-refractivity contribution in [2.45, 2.75) is 0 Å². The zero-order chi connectivity index (χ0) is 9.26. The Labute approximate surface area is 84.7 Å². The summed E-state index contributed by atoms with van der Waals surface area (Å²) in [5.74, 6) is 0.652. The largest absolute Gasteiger partial charge is 0.475 e. The second-order valence-corrected chi connectivity index (χ2v) is 3.68. The van der Waals surface area contributed by atoms with Gasteiger partial charge >= 0.3 is 0 Å². The van der Waals surface area contributed by atoms with Gasteiger partial charge in [0.2, 0.25) is 5.90 Å². The molecule has 0 radical (unpaired) electrons. The minimum atomic E-state index is 0.652. The number of rotatable bonds is 1. The third-order valence-electron chi connectivity index (χ3n) is 1.83. The zero-order valence-electron chi connectivity index (χ0n) is 6.96. The monoisotopic (exact) mass is 240 g/mol. The molecule has 13 heavy (non-hydrogen) atoms. The van der Waals surface area contributed by atoms with Crippen LogP contribution in [0.1, 0.15) is 5.56 Å². The summed E-state index contributed by atoms with van der Waals surface area (Å²) in [6, 6.07) is 5.65. The average molecular weight is 241 g/mol. The lowest BCUT2D eigenvalue weighted by Crippen LogP contribution is -2.05. The number of nitrogens with zero attached hydrogens (tertiary/aromatic N) is 1. The third-order valence-corrected chi connectivity index (χ3v) is 2.32. The van der Waals surface area contributed by atoms with Crippen LogP contribution in [0.4, 0.5) is 5.69 Å². The Kier molecular flexibility index (Phi) is 2.22. The number of halogens is 1. The molecule has 0 saturated carbocycles. The fourth-order valence-corrected chi connectivity index (χ4v) is 1.57. The molecule has 2 N–H and O–H groups in total. The minimum Gasteiger partial charge on any atom is -0.475 e. The number of nitrogens with two attached hydrogens (primary N) is 1. The summed E-state index contributed by atoms with van der Waals surface area (Å²) in [6.45, 7) is 1.38. The van der Waals surface area contributed by atoms with Crippen molar-refractivity contribution in [3.8, 4) is 0 Å². The predicted molar refractivity (Wildman–Crippen MR) is 55.9 cm³/mol. The number of ether oxygens (including phenoxy) is 1. The maximum absolute atomic E-state index is 5.79. The van der Waals surface area contributed by atoms with E-state index in [9.17, 15) is 0 Å². The molecule has 0 atom stereocenters. The molecule has 1 aromatic carbocycles. The van der Waals surface area contributed by atoms with Gasteiger partial charge in [-0.3, -0.25) is 0 Å². The van der Waals surface area contributed by atoms with Gasteiger partial charge in [0.05, 0.1) is 12.1 Å². The maximum atomic E-state index is 5.79. The highest BCUT2D eigenvalue weighted by Gasteiger charge is 2.13. The Bertz CT molecular complexity index is 363. The van der Waals surface area contributed by atoms with Crippen LogP contribution >= 0.6 is 15.9 Å². The van der Waals surface area contributed by atoms with Crippen molar-refractivity contribution in [1.82, 2.24) is 0 Å². The zero-order valence-corrected chi connectivity index (χ0v) is 8.54. The lowest BCUT2D eigenvalue weighted by Gasteiger charge is -2.05. The average Bonchev–Trinajstić information content (AvgIpc) is 2.61. The van der Waals surface area contributed by atoms with Crippen LogP contribution in [-0.2, 0) is 4.74 Å². The van der Waals surface area contributed by atoms with Crippen LogP contribution in [0.5, 0.6) is 0 Å². The predicted octanol–water partition coefficient (Wildman–Crippen LogP) is 1.81. The molecule has 1 heterocycles. The Balaban J connectivity index is 2.43. The van der Waals surface area contributed by atoms with Crippen molar-refractivity contribution in [2.75, 3.05) is 18.9 Å². The molecule has 0 bridgehead atoms. The topological polar surface area (TPSA) is 47.6 Å². The third kappa shape index (κ3) is 1.67. The number of anilines is 1. The van der Waals surface area contributed by atoms with Crippen LogP contribution in [0.15, 0.2) is 27.7 Å². The molecule has 4 heteroatoms. The fourth-order valence-electron chi connectivity index (χ4n) is 1.21. The molecule has 3 nitrogen and oxygen atoms in total. The quantitative estimate of drug-likeness (QED) is 0.762. The Morgan fingerprint density at radius 2 is 2.31 bits per heavy atom. The van der Waals surface area contributed by atoms with E-state index in [1.165, 1.54) is 0 Å². The van der Waals surface area contributed by atoms with E-state index in [1.54, 1.807) is 0 Å². The van der Waals surface area contributed by atoms with Crippen molar-refractivity contribution < 1.29 is 4.74 Å². The highest BCUT2D eigenvalue weighted by Crippen LogP contribution is 2.20. The highest BCUT2D eigenvalue weighted by molar-refractivity contribution is 9.10.